The average molecular weight is 262 g/mol. The lowest BCUT2D eigenvalue weighted by molar-refractivity contribution is -0.137. The Hall–Kier alpha value is -2.50. The summed E-state index contributed by atoms with van der Waals surface area (Å²) in [5.74, 6) is -1.32. The van der Waals surface area contributed by atoms with Gasteiger partial charge in [0.1, 0.15) is 12.3 Å². The van der Waals surface area contributed by atoms with Crippen LogP contribution in [0.25, 0.3) is 10.9 Å². The van der Waals surface area contributed by atoms with Crippen molar-refractivity contribution in [1.29, 1.82) is 0 Å². The first-order valence-corrected chi connectivity index (χ1v) is 5.68. The maximum atomic E-state index is 12.2. The summed E-state index contributed by atoms with van der Waals surface area (Å²) in [5, 5.41) is 18.8. The van der Waals surface area contributed by atoms with Gasteiger partial charge in [-0.3, -0.25) is 9.59 Å². The zero-order valence-corrected chi connectivity index (χ0v) is 10.6. The fourth-order valence-electron chi connectivity index (χ4n) is 2.06. The van der Waals surface area contributed by atoms with E-state index in [-0.39, 0.29) is 18.2 Å². The van der Waals surface area contributed by atoms with Gasteiger partial charge in [0.15, 0.2) is 0 Å². The molecule has 6 heteroatoms. The second-order valence-corrected chi connectivity index (χ2v) is 4.41. The molecule has 1 aromatic carbocycles. The lowest BCUT2D eigenvalue weighted by Crippen LogP contribution is -2.32. The highest BCUT2D eigenvalue weighted by Crippen LogP contribution is 2.26. The van der Waals surface area contributed by atoms with Gasteiger partial charge in [0.05, 0.1) is 11.1 Å². The van der Waals surface area contributed by atoms with Crippen LogP contribution in [0.4, 0.5) is 0 Å². The molecule has 2 aromatic rings. The summed E-state index contributed by atoms with van der Waals surface area (Å²) in [5.41, 5.74) is 1.71. The van der Waals surface area contributed by atoms with E-state index in [9.17, 15) is 14.7 Å². The van der Waals surface area contributed by atoms with E-state index in [1.54, 1.807) is 13.0 Å². The third kappa shape index (κ3) is 2.37. The highest BCUT2D eigenvalue weighted by Gasteiger charge is 2.20. The average Bonchev–Trinajstić information content (AvgIpc) is 2.62. The number of nitrogens with zero attached hydrogens (tertiary/aromatic N) is 1. The van der Waals surface area contributed by atoms with Crippen LogP contribution in [0.2, 0.25) is 0 Å². The molecule has 1 aromatic heterocycles. The molecule has 0 spiro atoms. The number of aryl methyl sites for hydroxylation is 1. The number of hydrogen-bond acceptors (Lipinski definition) is 3. The van der Waals surface area contributed by atoms with Crippen molar-refractivity contribution in [2.45, 2.75) is 6.92 Å². The largest absolute Gasteiger partial charge is 0.508 e. The Balaban J connectivity index is 2.47. The predicted molar refractivity (Wildman–Crippen MR) is 69.3 cm³/mol. The minimum Gasteiger partial charge on any atom is -0.508 e. The maximum absolute atomic E-state index is 12.2. The lowest BCUT2D eigenvalue weighted by atomic mass is 10.1. The summed E-state index contributed by atoms with van der Waals surface area (Å²) < 4.78 is 0. The van der Waals surface area contributed by atoms with E-state index in [1.165, 1.54) is 19.2 Å². The van der Waals surface area contributed by atoms with E-state index in [2.05, 4.69) is 4.98 Å². The number of aromatic amines is 1. The number of carbonyl (C=O) groups is 2. The smallest absolute Gasteiger partial charge is 0.323 e. The molecule has 0 unspecified atom stereocenters. The summed E-state index contributed by atoms with van der Waals surface area (Å²) >= 11 is 0. The standard InChI is InChI=1S/C13H14N2O4/c1-7-12(13(19)15(2)6-11(17)18)9-4-3-8(16)5-10(9)14-7/h3-5,14,16H,6H2,1-2H3,(H,17,18). The lowest BCUT2D eigenvalue weighted by Gasteiger charge is -2.14. The number of aromatic hydroxyl groups is 1. The number of phenols is 1. The van der Waals surface area contributed by atoms with Gasteiger partial charge in [0.2, 0.25) is 0 Å². The van der Waals surface area contributed by atoms with Gasteiger partial charge < -0.3 is 20.1 Å². The summed E-state index contributed by atoms with van der Waals surface area (Å²) in [4.78, 5) is 27.0. The first kappa shape index (κ1) is 12.9. The Morgan fingerprint density at radius 1 is 1.37 bits per heavy atom. The van der Waals surface area contributed by atoms with Crippen molar-refractivity contribution < 1.29 is 19.8 Å². The second kappa shape index (κ2) is 4.64. The Bertz CT molecular complexity index is 660. The predicted octanol–water partition coefficient (Wildman–Crippen LogP) is 1.34. The highest BCUT2D eigenvalue weighted by molar-refractivity contribution is 6.08. The third-order valence-electron chi connectivity index (χ3n) is 2.90. The van der Waals surface area contributed by atoms with Gasteiger partial charge in [-0.05, 0) is 19.1 Å². The van der Waals surface area contributed by atoms with Crippen LogP contribution in [0.3, 0.4) is 0 Å². The van der Waals surface area contributed by atoms with E-state index < -0.39 is 5.97 Å². The van der Waals surface area contributed by atoms with E-state index >= 15 is 0 Å². The number of aliphatic carboxylic acids is 1. The van der Waals surface area contributed by atoms with Crippen molar-refractivity contribution in [3.63, 3.8) is 0 Å². The fourth-order valence-corrected chi connectivity index (χ4v) is 2.06. The van der Waals surface area contributed by atoms with Crippen LogP contribution in [0, 0.1) is 6.92 Å². The van der Waals surface area contributed by atoms with Crippen LogP contribution in [0.1, 0.15) is 16.1 Å². The molecule has 0 aliphatic heterocycles. The van der Waals surface area contributed by atoms with Crippen molar-refractivity contribution in [2.75, 3.05) is 13.6 Å². The van der Waals surface area contributed by atoms with Gasteiger partial charge in [-0.2, -0.15) is 0 Å². The van der Waals surface area contributed by atoms with Crippen LogP contribution in [0.5, 0.6) is 5.75 Å². The van der Waals surface area contributed by atoms with Gasteiger partial charge in [-0.15, -0.1) is 0 Å². The number of likely N-dealkylation sites (N-methyl/N-ethyl adjacent to an activating group) is 1. The van der Waals surface area contributed by atoms with Crippen LogP contribution in [-0.4, -0.2) is 45.6 Å². The van der Waals surface area contributed by atoms with Crippen molar-refractivity contribution >= 4 is 22.8 Å². The van der Waals surface area contributed by atoms with Gasteiger partial charge in [0, 0.05) is 24.2 Å². The highest BCUT2D eigenvalue weighted by atomic mass is 16.4. The zero-order chi connectivity index (χ0) is 14.2. The number of nitrogens with one attached hydrogen (secondary N) is 1. The van der Waals surface area contributed by atoms with Crippen molar-refractivity contribution in [2.24, 2.45) is 0 Å². The first-order chi connectivity index (χ1) is 8.90. The van der Waals surface area contributed by atoms with Gasteiger partial charge in [0.25, 0.3) is 5.91 Å². The summed E-state index contributed by atoms with van der Waals surface area (Å²) in [6, 6.07) is 4.65. The molecule has 0 aliphatic carbocycles. The van der Waals surface area contributed by atoms with Gasteiger partial charge in [-0.25, -0.2) is 0 Å². The number of amides is 1. The molecule has 0 bridgehead atoms. The Kier molecular flexibility index (Phi) is 3.16. The Morgan fingerprint density at radius 3 is 2.68 bits per heavy atom. The maximum Gasteiger partial charge on any atom is 0.323 e. The number of carboxylic acid groups (broad SMARTS) is 1. The van der Waals surface area contributed by atoms with Crippen LogP contribution in [-0.2, 0) is 4.79 Å². The number of fused-ring (bicyclic) bond motifs is 1. The fraction of sp³-hybridized carbons (Fsp3) is 0.231. The number of aromatic nitrogens is 1. The molecule has 0 atom stereocenters. The molecule has 0 saturated heterocycles. The van der Waals surface area contributed by atoms with Gasteiger partial charge in [-0.1, -0.05) is 0 Å². The molecule has 100 valence electrons. The molecule has 1 heterocycles. The SMILES string of the molecule is Cc1[nH]c2cc(O)ccc2c1C(=O)N(C)CC(=O)O. The molecular formula is C13H14N2O4. The number of carbonyl (C=O) groups excluding carboxylic acids is 1. The quantitative estimate of drug-likeness (QED) is 0.778. The van der Waals surface area contributed by atoms with Crippen LogP contribution >= 0.6 is 0 Å². The molecule has 6 nitrogen and oxygen atoms in total. The summed E-state index contributed by atoms with van der Waals surface area (Å²) in [7, 11) is 1.44. The van der Waals surface area contributed by atoms with Crippen molar-refractivity contribution in [3.05, 3.63) is 29.5 Å². The number of rotatable bonds is 3. The first-order valence-electron chi connectivity index (χ1n) is 5.68. The number of carboxylic acids is 1. The molecule has 19 heavy (non-hydrogen) atoms. The van der Waals surface area contributed by atoms with E-state index in [1.807, 2.05) is 0 Å². The second-order valence-electron chi connectivity index (χ2n) is 4.41. The van der Waals surface area contributed by atoms with E-state index in [0.29, 0.717) is 22.2 Å². The molecule has 1 amide bonds. The minimum absolute atomic E-state index is 0.103. The normalized spacial score (nSPS) is 10.6. The molecule has 2 rings (SSSR count). The molecular weight excluding hydrogens is 248 g/mol. The summed E-state index contributed by atoms with van der Waals surface area (Å²) in [6.45, 7) is 1.38. The zero-order valence-electron chi connectivity index (χ0n) is 10.6. The minimum atomic E-state index is -1.06. The topological polar surface area (TPSA) is 93.6 Å². The van der Waals surface area contributed by atoms with E-state index in [4.69, 9.17) is 5.11 Å². The molecule has 0 fully saturated rings. The molecule has 0 aliphatic rings. The monoisotopic (exact) mass is 262 g/mol. The van der Waals surface area contributed by atoms with Crippen molar-refractivity contribution in [1.82, 2.24) is 9.88 Å². The number of hydrogen-bond donors (Lipinski definition) is 3. The number of phenolic OH excluding ortho intramolecular Hbond substituents is 1. The summed E-state index contributed by atoms with van der Waals surface area (Å²) in [6.07, 6.45) is 0. The molecule has 0 radical (unpaired) electrons. The van der Waals surface area contributed by atoms with Crippen LogP contribution in [0.15, 0.2) is 18.2 Å². The molecule has 0 saturated carbocycles. The Morgan fingerprint density at radius 2 is 2.05 bits per heavy atom. The third-order valence-corrected chi connectivity index (χ3v) is 2.90. The van der Waals surface area contributed by atoms with Crippen molar-refractivity contribution in [3.8, 4) is 5.75 Å². The number of H-pyrrole nitrogens is 1. The molecule has 3 N–H and O–H groups in total. The number of benzene rings is 1. The Labute approximate surface area is 109 Å². The van der Waals surface area contributed by atoms with E-state index in [0.717, 1.165) is 4.90 Å². The van der Waals surface area contributed by atoms with Crippen LogP contribution < -0.4 is 0 Å². The van der Waals surface area contributed by atoms with Gasteiger partial charge >= 0.3 is 5.97 Å².